The molecule has 1 amide bonds. The molecule has 3 aromatic carbocycles. The van der Waals surface area contributed by atoms with Gasteiger partial charge in [0.15, 0.2) is 0 Å². The Balaban J connectivity index is 1.61. The van der Waals surface area contributed by atoms with Crippen LogP contribution in [0.4, 0.5) is 5.69 Å². The molecule has 0 fully saturated rings. The number of benzene rings is 3. The number of hydrogen-bond acceptors (Lipinski definition) is 2. The SMILES string of the molecule is Cc1ccc(NC(=O)c2ccc(COc3ccc(Br)cc3)cc2)c(C)c1. The fourth-order valence-electron chi connectivity index (χ4n) is 2.60. The molecule has 0 aliphatic heterocycles. The normalized spacial score (nSPS) is 10.4. The molecular weight excluding hydrogens is 390 g/mol. The highest BCUT2D eigenvalue weighted by Crippen LogP contribution is 2.19. The molecule has 0 unspecified atom stereocenters. The van der Waals surface area contributed by atoms with Gasteiger partial charge in [-0.1, -0.05) is 45.8 Å². The Morgan fingerprint density at radius 3 is 2.31 bits per heavy atom. The van der Waals surface area contributed by atoms with E-state index in [0.717, 1.165) is 27.0 Å². The van der Waals surface area contributed by atoms with Gasteiger partial charge in [-0.3, -0.25) is 4.79 Å². The van der Waals surface area contributed by atoms with Crippen LogP contribution in [-0.2, 0) is 6.61 Å². The van der Waals surface area contributed by atoms with E-state index in [4.69, 9.17) is 4.74 Å². The Morgan fingerprint density at radius 2 is 1.65 bits per heavy atom. The van der Waals surface area contributed by atoms with Crippen LogP contribution in [0.15, 0.2) is 71.2 Å². The summed E-state index contributed by atoms with van der Waals surface area (Å²) in [5.74, 6) is 0.696. The molecule has 0 saturated heterocycles. The largest absolute Gasteiger partial charge is 0.489 e. The number of nitrogens with one attached hydrogen (secondary N) is 1. The van der Waals surface area contributed by atoms with Crippen LogP contribution < -0.4 is 10.1 Å². The van der Waals surface area contributed by atoms with Crippen LogP contribution in [-0.4, -0.2) is 5.91 Å². The van der Waals surface area contributed by atoms with Gasteiger partial charge in [0.2, 0.25) is 0 Å². The summed E-state index contributed by atoms with van der Waals surface area (Å²) >= 11 is 3.40. The zero-order valence-corrected chi connectivity index (χ0v) is 16.3. The molecule has 3 aromatic rings. The van der Waals surface area contributed by atoms with Gasteiger partial charge in [-0.2, -0.15) is 0 Å². The Bertz CT molecular complexity index is 902. The second-order valence-electron chi connectivity index (χ2n) is 6.21. The summed E-state index contributed by atoms with van der Waals surface area (Å²) in [6, 6.07) is 21.1. The van der Waals surface area contributed by atoms with E-state index in [2.05, 4.69) is 27.3 Å². The summed E-state index contributed by atoms with van der Waals surface area (Å²) < 4.78 is 6.77. The van der Waals surface area contributed by atoms with Crippen molar-refractivity contribution in [2.45, 2.75) is 20.5 Å². The maximum Gasteiger partial charge on any atom is 0.255 e. The van der Waals surface area contributed by atoms with E-state index in [1.54, 1.807) is 0 Å². The molecular formula is C22H20BrNO2. The van der Waals surface area contributed by atoms with Crippen LogP contribution in [0.2, 0.25) is 0 Å². The maximum absolute atomic E-state index is 12.4. The number of carbonyl (C=O) groups is 1. The second kappa shape index (κ2) is 8.19. The molecule has 0 aromatic heterocycles. The summed E-state index contributed by atoms with van der Waals surface area (Å²) in [6.07, 6.45) is 0. The topological polar surface area (TPSA) is 38.3 Å². The van der Waals surface area contributed by atoms with Gasteiger partial charge in [-0.15, -0.1) is 0 Å². The van der Waals surface area contributed by atoms with Gasteiger partial charge in [-0.25, -0.2) is 0 Å². The first kappa shape index (κ1) is 18.2. The highest BCUT2D eigenvalue weighted by molar-refractivity contribution is 9.10. The standard InChI is InChI=1S/C22H20BrNO2/c1-15-3-12-21(16(2)13-15)24-22(25)18-6-4-17(5-7-18)14-26-20-10-8-19(23)9-11-20/h3-13H,14H2,1-2H3,(H,24,25). The molecule has 0 radical (unpaired) electrons. The summed E-state index contributed by atoms with van der Waals surface area (Å²) in [5.41, 5.74) is 4.70. The lowest BCUT2D eigenvalue weighted by molar-refractivity contribution is 0.102. The van der Waals surface area contributed by atoms with Gasteiger partial charge in [-0.05, 0) is 67.4 Å². The number of carbonyl (C=O) groups excluding carboxylic acids is 1. The van der Waals surface area contributed by atoms with Gasteiger partial charge in [0.1, 0.15) is 12.4 Å². The average Bonchev–Trinajstić information content (AvgIpc) is 2.64. The number of ether oxygens (including phenoxy) is 1. The fraction of sp³-hybridized carbons (Fsp3) is 0.136. The molecule has 3 rings (SSSR count). The summed E-state index contributed by atoms with van der Waals surface area (Å²) in [5, 5.41) is 2.96. The molecule has 0 spiro atoms. The van der Waals surface area contributed by atoms with Crippen LogP contribution in [0.3, 0.4) is 0 Å². The van der Waals surface area contributed by atoms with Crippen molar-refractivity contribution in [3.8, 4) is 5.75 Å². The third kappa shape index (κ3) is 4.73. The molecule has 26 heavy (non-hydrogen) atoms. The molecule has 3 nitrogen and oxygen atoms in total. The van der Waals surface area contributed by atoms with Gasteiger partial charge in [0.25, 0.3) is 5.91 Å². The van der Waals surface area contributed by atoms with Crippen molar-refractivity contribution in [2.24, 2.45) is 0 Å². The molecule has 1 N–H and O–H groups in total. The van der Waals surface area contributed by atoms with Crippen LogP contribution in [0.1, 0.15) is 27.0 Å². The maximum atomic E-state index is 12.4. The fourth-order valence-corrected chi connectivity index (χ4v) is 2.86. The zero-order valence-electron chi connectivity index (χ0n) is 14.8. The van der Waals surface area contributed by atoms with Gasteiger partial charge in [0, 0.05) is 15.7 Å². The molecule has 0 saturated carbocycles. The van der Waals surface area contributed by atoms with Crippen molar-refractivity contribution in [3.05, 3.63) is 93.5 Å². The van der Waals surface area contributed by atoms with Gasteiger partial charge in [0.05, 0.1) is 0 Å². The highest BCUT2D eigenvalue weighted by Gasteiger charge is 2.08. The Hall–Kier alpha value is -2.59. The van der Waals surface area contributed by atoms with E-state index in [-0.39, 0.29) is 5.91 Å². The van der Waals surface area contributed by atoms with Crippen molar-refractivity contribution in [2.75, 3.05) is 5.32 Å². The zero-order chi connectivity index (χ0) is 18.5. The van der Waals surface area contributed by atoms with Crippen molar-refractivity contribution in [3.63, 3.8) is 0 Å². The first-order valence-corrected chi connectivity index (χ1v) is 9.16. The Kier molecular flexibility index (Phi) is 5.74. The molecule has 0 aliphatic carbocycles. The number of anilines is 1. The summed E-state index contributed by atoms with van der Waals surface area (Å²) in [4.78, 5) is 12.4. The molecule has 0 heterocycles. The minimum atomic E-state index is -0.114. The van der Waals surface area contributed by atoms with Crippen molar-refractivity contribution in [1.82, 2.24) is 0 Å². The van der Waals surface area contributed by atoms with Crippen LogP contribution >= 0.6 is 15.9 Å². The van der Waals surface area contributed by atoms with Crippen molar-refractivity contribution in [1.29, 1.82) is 0 Å². The highest BCUT2D eigenvalue weighted by atomic mass is 79.9. The number of amides is 1. The number of aryl methyl sites for hydroxylation is 2. The monoisotopic (exact) mass is 409 g/mol. The number of hydrogen-bond donors (Lipinski definition) is 1. The van der Waals surface area contributed by atoms with Crippen molar-refractivity contribution >= 4 is 27.5 Å². The van der Waals surface area contributed by atoms with E-state index in [9.17, 15) is 4.79 Å². The van der Waals surface area contributed by atoms with E-state index >= 15 is 0 Å². The quantitative estimate of drug-likeness (QED) is 0.569. The van der Waals surface area contributed by atoms with E-state index in [0.29, 0.717) is 12.2 Å². The van der Waals surface area contributed by atoms with Crippen LogP contribution in [0, 0.1) is 13.8 Å². The first-order chi connectivity index (χ1) is 12.5. The molecule has 0 atom stereocenters. The Labute approximate surface area is 162 Å². The third-order valence-corrected chi connectivity index (χ3v) is 4.59. The predicted octanol–water partition coefficient (Wildman–Crippen LogP) is 5.90. The molecule has 4 heteroatoms. The predicted molar refractivity (Wildman–Crippen MR) is 109 cm³/mol. The van der Waals surface area contributed by atoms with Gasteiger partial charge >= 0.3 is 0 Å². The molecule has 0 bridgehead atoms. The lowest BCUT2D eigenvalue weighted by Crippen LogP contribution is -2.12. The van der Waals surface area contributed by atoms with E-state index in [1.165, 1.54) is 5.56 Å². The number of halogens is 1. The van der Waals surface area contributed by atoms with Crippen LogP contribution in [0.5, 0.6) is 5.75 Å². The third-order valence-electron chi connectivity index (χ3n) is 4.07. The van der Waals surface area contributed by atoms with Crippen molar-refractivity contribution < 1.29 is 9.53 Å². The number of rotatable bonds is 5. The minimum Gasteiger partial charge on any atom is -0.489 e. The Morgan fingerprint density at radius 1 is 0.962 bits per heavy atom. The minimum absolute atomic E-state index is 0.114. The van der Waals surface area contributed by atoms with E-state index < -0.39 is 0 Å². The van der Waals surface area contributed by atoms with E-state index in [1.807, 2.05) is 74.5 Å². The first-order valence-electron chi connectivity index (χ1n) is 8.37. The van der Waals surface area contributed by atoms with Gasteiger partial charge < -0.3 is 10.1 Å². The molecule has 132 valence electrons. The summed E-state index contributed by atoms with van der Waals surface area (Å²) in [7, 11) is 0. The smallest absolute Gasteiger partial charge is 0.255 e. The average molecular weight is 410 g/mol. The lowest BCUT2D eigenvalue weighted by atomic mass is 10.1. The molecule has 0 aliphatic rings. The summed E-state index contributed by atoms with van der Waals surface area (Å²) in [6.45, 7) is 4.49. The lowest BCUT2D eigenvalue weighted by Gasteiger charge is -2.10. The van der Waals surface area contributed by atoms with Crippen LogP contribution in [0.25, 0.3) is 0 Å². The second-order valence-corrected chi connectivity index (χ2v) is 7.13.